The summed E-state index contributed by atoms with van der Waals surface area (Å²) < 4.78 is 28.6. The van der Waals surface area contributed by atoms with E-state index in [0.29, 0.717) is 17.7 Å². The Morgan fingerprint density at radius 2 is 2.24 bits per heavy atom. The lowest BCUT2D eigenvalue weighted by Gasteiger charge is -2.01. The van der Waals surface area contributed by atoms with Gasteiger partial charge in [-0.05, 0) is 12.1 Å². The second kappa shape index (κ2) is 7.24. The minimum absolute atomic E-state index is 0.187. The van der Waals surface area contributed by atoms with E-state index in [1.165, 1.54) is 17.4 Å². The van der Waals surface area contributed by atoms with Gasteiger partial charge in [0.2, 0.25) is 0 Å². The highest BCUT2D eigenvalue weighted by Crippen LogP contribution is 2.23. The van der Waals surface area contributed by atoms with Crippen LogP contribution in [0.3, 0.4) is 0 Å². The smallest absolute Gasteiger partial charge is 0.335 e. The van der Waals surface area contributed by atoms with Gasteiger partial charge >= 0.3 is 5.97 Å². The number of carboxylic acids is 1. The monoisotopic (exact) mass is 313 g/mol. The summed E-state index contributed by atoms with van der Waals surface area (Å²) in [4.78, 5) is 15.3. The number of hydrogen-bond donors (Lipinski definition) is 1. The fourth-order valence-electron chi connectivity index (χ4n) is 1.70. The molecule has 0 amide bonds. The fraction of sp³-hybridized carbons (Fsp3) is 0.286. The van der Waals surface area contributed by atoms with Crippen LogP contribution in [0.2, 0.25) is 0 Å². The van der Waals surface area contributed by atoms with E-state index in [9.17, 15) is 13.6 Å². The van der Waals surface area contributed by atoms with E-state index in [4.69, 9.17) is 9.84 Å². The zero-order valence-corrected chi connectivity index (χ0v) is 11.8. The number of carbonyl (C=O) groups is 1. The molecule has 4 nitrogen and oxygen atoms in total. The summed E-state index contributed by atoms with van der Waals surface area (Å²) in [6.45, 7) is -0.384. The topological polar surface area (TPSA) is 59.4 Å². The van der Waals surface area contributed by atoms with Gasteiger partial charge in [-0.25, -0.2) is 18.6 Å². The lowest BCUT2D eigenvalue weighted by Crippen LogP contribution is -2.06. The van der Waals surface area contributed by atoms with Crippen molar-refractivity contribution in [3.63, 3.8) is 0 Å². The summed E-state index contributed by atoms with van der Waals surface area (Å²) in [6, 6.07) is 6.49. The van der Waals surface area contributed by atoms with E-state index >= 15 is 0 Å². The van der Waals surface area contributed by atoms with Gasteiger partial charge in [-0.2, -0.15) is 0 Å². The van der Waals surface area contributed by atoms with Gasteiger partial charge in [-0.3, -0.25) is 0 Å². The highest BCUT2D eigenvalue weighted by molar-refractivity contribution is 7.09. The zero-order valence-electron chi connectivity index (χ0n) is 11.0. The first-order valence-electron chi connectivity index (χ1n) is 6.20. The summed E-state index contributed by atoms with van der Waals surface area (Å²) in [6.07, 6.45) is -2.01. The van der Waals surface area contributed by atoms with Crippen LogP contribution in [0, 0.1) is 0 Å². The number of halogens is 2. The largest absolute Gasteiger partial charge is 0.478 e. The molecule has 1 N–H and O–H groups in total. The summed E-state index contributed by atoms with van der Waals surface area (Å²) in [5.74, 6) is -0.993. The van der Waals surface area contributed by atoms with Crippen molar-refractivity contribution < 1.29 is 23.4 Å². The first-order chi connectivity index (χ1) is 10.1. The zero-order chi connectivity index (χ0) is 15.2. The highest BCUT2D eigenvalue weighted by Gasteiger charge is 2.09. The predicted molar refractivity (Wildman–Crippen MR) is 75.0 cm³/mol. The number of aromatic nitrogens is 1. The number of aromatic carboxylic acids is 1. The van der Waals surface area contributed by atoms with Crippen molar-refractivity contribution in [2.75, 3.05) is 13.2 Å². The molecule has 0 unspecified atom stereocenters. The molecule has 1 aromatic carbocycles. The quantitative estimate of drug-likeness (QED) is 0.797. The number of nitrogens with zero attached hydrogens (tertiary/aromatic N) is 1. The molecule has 0 spiro atoms. The van der Waals surface area contributed by atoms with Gasteiger partial charge in [0.25, 0.3) is 6.43 Å². The number of ether oxygens (including phenoxy) is 1. The van der Waals surface area contributed by atoms with E-state index in [2.05, 4.69) is 4.98 Å². The van der Waals surface area contributed by atoms with E-state index < -0.39 is 19.0 Å². The second-order valence-corrected chi connectivity index (χ2v) is 5.17. The van der Waals surface area contributed by atoms with Gasteiger partial charge in [-0.1, -0.05) is 12.1 Å². The van der Waals surface area contributed by atoms with Crippen LogP contribution in [-0.2, 0) is 11.2 Å². The first kappa shape index (κ1) is 15.5. The SMILES string of the molecule is O=C(O)c1cccc(-c2csc(CCOCC(F)F)n2)c1. The molecule has 0 atom stereocenters. The standard InChI is InChI=1S/C14H13F2NO3S/c15-12(16)7-20-5-4-13-17-11(8-21-13)9-2-1-3-10(6-9)14(18)19/h1-3,6,8,12H,4-5,7H2,(H,18,19). The fourth-order valence-corrected chi connectivity index (χ4v) is 2.49. The number of carboxylic acid groups (broad SMARTS) is 1. The molecule has 0 saturated carbocycles. The molecule has 0 radical (unpaired) electrons. The average Bonchev–Trinajstić information content (AvgIpc) is 2.92. The number of alkyl halides is 2. The number of benzene rings is 1. The molecule has 0 saturated heterocycles. The molecular weight excluding hydrogens is 300 g/mol. The molecule has 7 heteroatoms. The maximum absolute atomic E-state index is 11.9. The van der Waals surface area contributed by atoms with E-state index in [1.807, 2.05) is 5.38 Å². The lowest BCUT2D eigenvalue weighted by atomic mass is 10.1. The van der Waals surface area contributed by atoms with Gasteiger partial charge in [-0.15, -0.1) is 11.3 Å². The average molecular weight is 313 g/mol. The van der Waals surface area contributed by atoms with Crippen molar-refractivity contribution >= 4 is 17.3 Å². The van der Waals surface area contributed by atoms with Crippen molar-refractivity contribution in [2.45, 2.75) is 12.8 Å². The molecule has 0 bridgehead atoms. The van der Waals surface area contributed by atoms with Crippen molar-refractivity contribution in [1.82, 2.24) is 4.98 Å². The number of hydrogen-bond acceptors (Lipinski definition) is 4. The van der Waals surface area contributed by atoms with Crippen LogP contribution < -0.4 is 0 Å². The number of thiazole rings is 1. The van der Waals surface area contributed by atoms with Crippen LogP contribution in [0.15, 0.2) is 29.6 Å². The number of rotatable bonds is 7. The first-order valence-corrected chi connectivity index (χ1v) is 7.08. The van der Waals surface area contributed by atoms with Crippen molar-refractivity contribution in [2.24, 2.45) is 0 Å². The lowest BCUT2D eigenvalue weighted by molar-refractivity contribution is 0.0187. The van der Waals surface area contributed by atoms with Crippen LogP contribution in [0.1, 0.15) is 15.4 Å². The highest BCUT2D eigenvalue weighted by atomic mass is 32.1. The maximum Gasteiger partial charge on any atom is 0.335 e. The third-order valence-electron chi connectivity index (χ3n) is 2.66. The Morgan fingerprint density at radius 3 is 2.95 bits per heavy atom. The third kappa shape index (κ3) is 4.57. The normalized spacial score (nSPS) is 11.0. The van der Waals surface area contributed by atoms with E-state index in [0.717, 1.165) is 5.01 Å². The minimum Gasteiger partial charge on any atom is -0.478 e. The molecule has 2 aromatic rings. The van der Waals surface area contributed by atoms with Gasteiger partial charge in [0.15, 0.2) is 0 Å². The van der Waals surface area contributed by atoms with E-state index in [1.54, 1.807) is 18.2 Å². The van der Waals surface area contributed by atoms with Gasteiger partial charge in [0.05, 0.1) is 22.9 Å². The summed E-state index contributed by atoms with van der Waals surface area (Å²) in [5, 5.41) is 11.5. The molecule has 21 heavy (non-hydrogen) atoms. The van der Waals surface area contributed by atoms with E-state index in [-0.39, 0.29) is 12.2 Å². The van der Waals surface area contributed by atoms with Gasteiger partial charge in [0, 0.05) is 17.4 Å². The van der Waals surface area contributed by atoms with Crippen LogP contribution >= 0.6 is 11.3 Å². The Labute approximate surface area is 124 Å². The summed E-state index contributed by atoms with van der Waals surface area (Å²) >= 11 is 1.39. The Bertz CT molecular complexity index is 616. The molecule has 1 heterocycles. The maximum atomic E-state index is 11.9. The molecular formula is C14H13F2NO3S. The summed E-state index contributed by atoms with van der Waals surface area (Å²) in [7, 11) is 0. The Hall–Kier alpha value is -1.86. The van der Waals surface area contributed by atoms with Crippen LogP contribution in [-0.4, -0.2) is 35.7 Å². The van der Waals surface area contributed by atoms with Crippen molar-refractivity contribution in [3.8, 4) is 11.3 Å². The Kier molecular flexibility index (Phi) is 5.35. The molecule has 112 valence electrons. The predicted octanol–water partition coefficient (Wildman–Crippen LogP) is 3.33. The van der Waals surface area contributed by atoms with Crippen LogP contribution in [0.4, 0.5) is 8.78 Å². The van der Waals surface area contributed by atoms with Gasteiger partial charge < -0.3 is 9.84 Å². The van der Waals surface area contributed by atoms with Crippen LogP contribution in [0.5, 0.6) is 0 Å². The molecule has 0 aliphatic rings. The second-order valence-electron chi connectivity index (χ2n) is 4.23. The summed E-state index contributed by atoms with van der Waals surface area (Å²) in [5.41, 5.74) is 1.58. The molecule has 0 aliphatic carbocycles. The molecule has 2 rings (SSSR count). The van der Waals surface area contributed by atoms with Crippen molar-refractivity contribution in [3.05, 3.63) is 40.2 Å². The third-order valence-corrected chi connectivity index (χ3v) is 3.57. The molecule has 0 aliphatic heterocycles. The van der Waals surface area contributed by atoms with Crippen LogP contribution in [0.25, 0.3) is 11.3 Å². The molecule has 1 aromatic heterocycles. The van der Waals surface area contributed by atoms with Gasteiger partial charge in [0.1, 0.15) is 6.61 Å². The Morgan fingerprint density at radius 1 is 1.43 bits per heavy atom. The molecule has 0 fully saturated rings. The minimum atomic E-state index is -2.46. The Balaban J connectivity index is 1.99. The van der Waals surface area contributed by atoms with Crippen molar-refractivity contribution in [1.29, 1.82) is 0 Å².